The molecule has 15 heavy (non-hydrogen) atoms. The van der Waals surface area contributed by atoms with Crippen LogP contribution in [0, 0.1) is 30.1 Å². The van der Waals surface area contributed by atoms with Crippen molar-refractivity contribution in [2.75, 3.05) is 0 Å². The van der Waals surface area contributed by atoms with Crippen LogP contribution in [0.25, 0.3) is 0 Å². The predicted molar refractivity (Wildman–Crippen MR) is 70.8 cm³/mol. The average Bonchev–Trinajstić information content (AvgIpc) is 2.22. The zero-order valence-electron chi connectivity index (χ0n) is 11.7. The molecule has 3 atom stereocenters. The fourth-order valence-electron chi connectivity index (χ4n) is 2.23. The van der Waals surface area contributed by atoms with Gasteiger partial charge in [-0.25, -0.2) is 0 Å². The van der Waals surface area contributed by atoms with Gasteiger partial charge in [-0.3, -0.25) is 0 Å². The van der Waals surface area contributed by atoms with Crippen LogP contribution in [0.1, 0.15) is 67.2 Å². The molecule has 0 bridgehead atoms. The molecule has 0 saturated carbocycles. The zero-order valence-corrected chi connectivity index (χ0v) is 11.7. The lowest BCUT2D eigenvalue weighted by Crippen LogP contribution is -2.18. The number of rotatable bonds is 8. The molecule has 0 amide bonds. The summed E-state index contributed by atoms with van der Waals surface area (Å²) in [6.07, 6.45) is 7.88. The van der Waals surface area contributed by atoms with Crippen LogP contribution in [0.15, 0.2) is 0 Å². The van der Waals surface area contributed by atoms with Gasteiger partial charge in [0.15, 0.2) is 0 Å². The Morgan fingerprint density at radius 3 is 1.93 bits per heavy atom. The second kappa shape index (κ2) is 8.07. The number of hydrogen-bond acceptors (Lipinski definition) is 0. The predicted octanol–water partition coefficient (Wildman–Crippen LogP) is 5.34. The van der Waals surface area contributed by atoms with Crippen LogP contribution in [0.5, 0.6) is 0 Å². The van der Waals surface area contributed by atoms with E-state index in [1.165, 1.54) is 25.7 Å². The molecule has 0 nitrogen and oxygen atoms in total. The highest BCUT2D eigenvalue weighted by Crippen LogP contribution is 2.30. The minimum atomic E-state index is 0.795. The highest BCUT2D eigenvalue weighted by molar-refractivity contribution is 4.73. The molecule has 0 radical (unpaired) electrons. The molecule has 0 aromatic heterocycles. The summed E-state index contributed by atoms with van der Waals surface area (Å²) < 4.78 is 0. The van der Waals surface area contributed by atoms with Crippen molar-refractivity contribution in [3.63, 3.8) is 0 Å². The van der Waals surface area contributed by atoms with E-state index >= 15 is 0 Å². The second-order valence-electron chi connectivity index (χ2n) is 5.54. The summed E-state index contributed by atoms with van der Waals surface area (Å²) in [5.74, 6) is 3.46. The fourth-order valence-corrected chi connectivity index (χ4v) is 2.23. The van der Waals surface area contributed by atoms with Crippen molar-refractivity contribution >= 4 is 0 Å². The van der Waals surface area contributed by atoms with E-state index in [4.69, 9.17) is 0 Å². The first-order chi connectivity index (χ1) is 7.02. The van der Waals surface area contributed by atoms with E-state index in [9.17, 15) is 0 Å². The summed E-state index contributed by atoms with van der Waals surface area (Å²) in [5.41, 5.74) is 0. The van der Waals surface area contributed by atoms with Gasteiger partial charge in [-0.05, 0) is 37.5 Å². The fraction of sp³-hybridized carbons (Fsp3) is 0.933. The maximum absolute atomic E-state index is 2.44. The summed E-state index contributed by atoms with van der Waals surface area (Å²) in [4.78, 5) is 0. The zero-order chi connectivity index (χ0) is 11.8. The van der Waals surface area contributed by atoms with E-state index in [0.717, 1.165) is 23.7 Å². The molecule has 0 heteroatoms. The molecule has 90 valence electrons. The average molecular weight is 211 g/mol. The smallest absolute Gasteiger partial charge is 0.0654 e. The van der Waals surface area contributed by atoms with Crippen LogP contribution in [0.4, 0.5) is 0 Å². The Kier molecular flexibility index (Phi) is 8.00. The van der Waals surface area contributed by atoms with Crippen LogP contribution in [-0.4, -0.2) is 0 Å². The van der Waals surface area contributed by atoms with E-state index in [-0.39, 0.29) is 0 Å². The van der Waals surface area contributed by atoms with Gasteiger partial charge in [0.2, 0.25) is 0 Å². The first-order valence-electron chi connectivity index (χ1n) is 6.82. The standard InChI is InChI=1S/C15H31/c1-7-9-15(14(6)12(3)4)11-10-13(5)8-2/h8,12-15H,7,9-11H2,1-6H3/q+1. The minimum Gasteiger partial charge on any atom is -0.0654 e. The van der Waals surface area contributed by atoms with Gasteiger partial charge in [0.1, 0.15) is 0 Å². The molecule has 0 saturated heterocycles. The molecule has 0 aliphatic rings. The molecule has 0 aliphatic carbocycles. The summed E-state index contributed by atoms with van der Waals surface area (Å²) in [6, 6.07) is 0. The SMILES string of the molecule is C[CH+]C(C)CCC(CCC)C(C)C(C)C. The van der Waals surface area contributed by atoms with E-state index in [1.54, 1.807) is 0 Å². The van der Waals surface area contributed by atoms with E-state index in [1.807, 2.05) is 0 Å². The first kappa shape index (κ1) is 14.9. The largest absolute Gasteiger partial charge is 0.0946 e. The summed E-state index contributed by atoms with van der Waals surface area (Å²) in [5, 5.41) is 0. The van der Waals surface area contributed by atoms with Crippen LogP contribution >= 0.6 is 0 Å². The lowest BCUT2D eigenvalue weighted by atomic mass is 9.78. The van der Waals surface area contributed by atoms with Crippen molar-refractivity contribution in [3.05, 3.63) is 6.42 Å². The van der Waals surface area contributed by atoms with Crippen molar-refractivity contribution in [2.24, 2.45) is 23.7 Å². The van der Waals surface area contributed by atoms with Gasteiger partial charge >= 0.3 is 0 Å². The lowest BCUT2D eigenvalue weighted by Gasteiger charge is -2.27. The van der Waals surface area contributed by atoms with Crippen molar-refractivity contribution in [1.29, 1.82) is 0 Å². The quantitative estimate of drug-likeness (QED) is 0.476. The molecule has 0 aromatic carbocycles. The third kappa shape index (κ3) is 6.12. The third-order valence-corrected chi connectivity index (χ3v) is 4.02. The second-order valence-corrected chi connectivity index (χ2v) is 5.54. The normalized spacial score (nSPS) is 17.5. The Morgan fingerprint density at radius 2 is 1.53 bits per heavy atom. The summed E-state index contributed by atoms with van der Waals surface area (Å²) >= 11 is 0. The van der Waals surface area contributed by atoms with Crippen molar-refractivity contribution in [2.45, 2.75) is 67.2 Å². The van der Waals surface area contributed by atoms with Crippen LogP contribution in [0.2, 0.25) is 0 Å². The molecule has 0 aliphatic heterocycles. The maximum atomic E-state index is 2.44. The topological polar surface area (TPSA) is 0 Å². The molecular weight excluding hydrogens is 180 g/mol. The first-order valence-corrected chi connectivity index (χ1v) is 6.82. The summed E-state index contributed by atoms with van der Waals surface area (Å²) in [7, 11) is 0. The van der Waals surface area contributed by atoms with E-state index in [0.29, 0.717) is 0 Å². The van der Waals surface area contributed by atoms with Gasteiger partial charge in [0, 0.05) is 0 Å². The molecule has 0 N–H and O–H groups in total. The van der Waals surface area contributed by atoms with Crippen LogP contribution < -0.4 is 0 Å². The molecule has 0 fully saturated rings. The van der Waals surface area contributed by atoms with Gasteiger partial charge in [-0.2, -0.15) is 0 Å². The molecular formula is C15H31+. The molecule has 0 aromatic rings. The van der Waals surface area contributed by atoms with Gasteiger partial charge in [-0.1, -0.05) is 40.5 Å². The summed E-state index contributed by atoms with van der Waals surface area (Å²) in [6.45, 7) is 14.0. The van der Waals surface area contributed by atoms with E-state index in [2.05, 4.69) is 48.0 Å². The highest BCUT2D eigenvalue weighted by Gasteiger charge is 2.20. The van der Waals surface area contributed by atoms with Crippen molar-refractivity contribution < 1.29 is 0 Å². The van der Waals surface area contributed by atoms with Crippen LogP contribution in [0.3, 0.4) is 0 Å². The molecule has 0 rings (SSSR count). The van der Waals surface area contributed by atoms with Crippen molar-refractivity contribution in [3.8, 4) is 0 Å². The highest BCUT2D eigenvalue weighted by atomic mass is 14.2. The Hall–Kier alpha value is -0.130. The Bertz CT molecular complexity index is 137. The molecule has 0 spiro atoms. The third-order valence-electron chi connectivity index (χ3n) is 4.02. The van der Waals surface area contributed by atoms with Gasteiger partial charge < -0.3 is 0 Å². The van der Waals surface area contributed by atoms with E-state index < -0.39 is 0 Å². The Morgan fingerprint density at radius 1 is 0.933 bits per heavy atom. The minimum absolute atomic E-state index is 0.795. The van der Waals surface area contributed by atoms with Gasteiger partial charge in [0.25, 0.3) is 0 Å². The monoisotopic (exact) mass is 211 g/mol. The Balaban J connectivity index is 4.03. The van der Waals surface area contributed by atoms with Crippen LogP contribution in [-0.2, 0) is 0 Å². The lowest BCUT2D eigenvalue weighted by molar-refractivity contribution is 0.235. The maximum Gasteiger partial charge on any atom is 0.0946 e. The number of hydrogen-bond donors (Lipinski definition) is 0. The molecule has 0 heterocycles. The molecule has 3 unspecified atom stereocenters. The van der Waals surface area contributed by atoms with Gasteiger partial charge in [-0.15, -0.1) is 0 Å². The van der Waals surface area contributed by atoms with Crippen molar-refractivity contribution in [1.82, 2.24) is 0 Å². The Labute approximate surface area is 97.8 Å². The van der Waals surface area contributed by atoms with Gasteiger partial charge in [0.05, 0.1) is 19.3 Å².